The number of benzene rings is 1. The molecule has 3 saturated heterocycles. The van der Waals surface area contributed by atoms with Crippen LogP contribution < -0.4 is 5.32 Å². The normalized spacial score (nSPS) is 30.6. The molecule has 1 aliphatic carbocycles. The van der Waals surface area contributed by atoms with Crippen molar-refractivity contribution in [3.63, 3.8) is 0 Å². The second-order valence-electron chi connectivity index (χ2n) is 7.28. The summed E-state index contributed by atoms with van der Waals surface area (Å²) in [5.74, 6) is 0.641. The van der Waals surface area contributed by atoms with E-state index in [9.17, 15) is 9.59 Å². The first kappa shape index (κ1) is 15.8. The molecular weight excluding hydrogens is 302 g/mol. The summed E-state index contributed by atoms with van der Waals surface area (Å²) in [4.78, 5) is 29.1. The van der Waals surface area contributed by atoms with Gasteiger partial charge in [-0.1, -0.05) is 12.1 Å². The largest absolute Gasteiger partial charge is 0.336 e. The molecular formula is C19H25N3O2. The predicted molar refractivity (Wildman–Crippen MR) is 91.9 cm³/mol. The van der Waals surface area contributed by atoms with E-state index in [0.29, 0.717) is 18.2 Å². The van der Waals surface area contributed by atoms with Crippen molar-refractivity contribution in [1.82, 2.24) is 15.1 Å². The second-order valence-corrected chi connectivity index (χ2v) is 7.28. The second kappa shape index (κ2) is 6.30. The van der Waals surface area contributed by atoms with Gasteiger partial charge in [0, 0.05) is 56.2 Å². The zero-order valence-electron chi connectivity index (χ0n) is 14.2. The van der Waals surface area contributed by atoms with Gasteiger partial charge in [-0.3, -0.25) is 14.5 Å². The molecule has 2 bridgehead atoms. The average molecular weight is 327 g/mol. The van der Waals surface area contributed by atoms with E-state index in [4.69, 9.17) is 0 Å². The van der Waals surface area contributed by atoms with E-state index in [0.717, 1.165) is 50.1 Å². The number of hydrogen-bond donors (Lipinski definition) is 1. The minimum Gasteiger partial charge on any atom is -0.336 e. The summed E-state index contributed by atoms with van der Waals surface area (Å²) in [6.07, 6.45) is 2.83. The molecule has 0 spiro atoms. The Morgan fingerprint density at radius 1 is 1.12 bits per heavy atom. The fourth-order valence-corrected chi connectivity index (χ4v) is 4.55. The van der Waals surface area contributed by atoms with Crippen LogP contribution in [0, 0.1) is 5.92 Å². The number of ketones is 1. The molecule has 0 radical (unpaired) electrons. The number of carbonyl (C=O) groups excluding carboxylic acids is 2. The first-order chi connectivity index (χ1) is 11.6. The lowest BCUT2D eigenvalue weighted by atomic mass is 9.72. The molecule has 3 heterocycles. The third-order valence-corrected chi connectivity index (χ3v) is 5.96. The van der Waals surface area contributed by atoms with Gasteiger partial charge < -0.3 is 10.2 Å². The molecule has 24 heavy (non-hydrogen) atoms. The fourth-order valence-electron chi connectivity index (χ4n) is 4.55. The minimum atomic E-state index is 0.109. The molecule has 0 aromatic heterocycles. The zero-order valence-corrected chi connectivity index (χ0v) is 14.2. The first-order valence-electron chi connectivity index (χ1n) is 9.00. The standard InChI is InChI=1S/C19H25N3O2/c1-21-15-6-7-16(17(23)12-15)18(21)13-2-4-14(5-3-13)19(24)22-10-8-20-9-11-22/h2-5,15-16,18,20H,6-12H2,1H3. The molecule has 4 fully saturated rings. The molecule has 1 saturated carbocycles. The number of hydrogen-bond acceptors (Lipinski definition) is 4. The Balaban J connectivity index is 1.53. The smallest absolute Gasteiger partial charge is 0.253 e. The van der Waals surface area contributed by atoms with Gasteiger partial charge >= 0.3 is 0 Å². The van der Waals surface area contributed by atoms with Crippen LogP contribution in [0.2, 0.25) is 0 Å². The van der Waals surface area contributed by atoms with Crippen LogP contribution in [0.3, 0.4) is 0 Å². The quantitative estimate of drug-likeness (QED) is 0.893. The third-order valence-electron chi connectivity index (χ3n) is 5.96. The number of Topliss-reactive ketones (excluding diaryl/α,β-unsaturated/α-hetero) is 1. The lowest BCUT2D eigenvalue weighted by Gasteiger charge is -2.49. The van der Waals surface area contributed by atoms with E-state index in [1.165, 1.54) is 0 Å². The van der Waals surface area contributed by atoms with E-state index in [-0.39, 0.29) is 17.9 Å². The van der Waals surface area contributed by atoms with Gasteiger partial charge in [0.25, 0.3) is 5.91 Å². The van der Waals surface area contributed by atoms with E-state index in [1.54, 1.807) is 0 Å². The Morgan fingerprint density at radius 3 is 2.50 bits per heavy atom. The summed E-state index contributed by atoms with van der Waals surface area (Å²) in [6, 6.07) is 8.51. The maximum Gasteiger partial charge on any atom is 0.253 e. The Labute approximate surface area is 143 Å². The minimum absolute atomic E-state index is 0.109. The SMILES string of the molecule is CN1C2CCC(C(=O)C2)C1c1ccc(C(=O)N2CCNCC2)cc1. The lowest BCUT2D eigenvalue weighted by Crippen LogP contribution is -2.52. The Kier molecular flexibility index (Phi) is 4.14. The highest BCUT2D eigenvalue weighted by atomic mass is 16.2. The summed E-state index contributed by atoms with van der Waals surface area (Å²) in [7, 11) is 2.13. The fraction of sp³-hybridized carbons (Fsp3) is 0.579. The highest BCUT2D eigenvalue weighted by Gasteiger charge is 2.45. The van der Waals surface area contributed by atoms with Gasteiger partial charge in [0.15, 0.2) is 0 Å². The van der Waals surface area contributed by atoms with E-state index in [1.807, 2.05) is 29.2 Å². The highest BCUT2D eigenvalue weighted by Crippen LogP contribution is 2.44. The van der Waals surface area contributed by atoms with E-state index < -0.39 is 0 Å². The first-order valence-corrected chi connectivity index (χ1v) is 9.00. The summed E-state index contributed by atoms with van der Waals surface area (Å²) in [6.45, 7) is 3.26. The number of amides is 1. The zero-order chi connectivity index (χ0) is 16.7. The van der Waals surface area contributed by atoms with E-state index in [2.05, 4.69) is 17.3 Å². The van der Waals surface area contributed by atoms with Gasteiger partial charge in [0.2, 0.25) is 0 Å². The van der Waals surface area contributed by atoms with Crippen molar-refractivity contribution in [2.75, 3.05) is 33.2 Å². The van der Waals surface area contributed by atoms with Crippen LogP contribution in [0.1, 0.15) is 41.2 Å². The number of fused-ring (bicyclic) bond motifs is 3. The van der Waals surface area contributed by atoms with Crippen LogP contribution in [0.4, 0.5) is 0 Å². The molecule has 5 nitrogen and oxygen atoms in total. The summed E-state index contributed by atoms with van der Waals surface area (Å²) in [5, 5.41) is 3.27. The lowest BCUT2D eigenvalue weighted by molar-refractivity contribution is -0.136. The van der Waals surface area contributed by atoms with Gasteiger partial charge in [-0.05, 0) is 37.6 Å². The number of piperidine rings is 2. The molecule has 4 aliphatic rings. The van der Waals surface area contributed by atoms with Gasteiger partial charge in [-0.25, -0.2) is 0 Å². The topological polar surface area (TPSA) is 52.7 Å². The summed E-state index contributed by atoms with van der Waals surface area (Å²) >= 11 is 0. The number of rotatable bonds is 2. The van der Waals surface area contributed by atoms with Crippen LogP contribution in [0.15, 0.2) is 24.3 Å². The number of nitrogens with zero attached hydrogens (tertiary/aromatic N) is 2. The predicted octanol–water partition coefficient (Wildman–Crippen LogP) is 1.46. The molecule has 5 rings (SSSR count). The van der Waals surface area contributed by atoms with Crippen LogP contribution in [0.25, 0.3) is 0 Å². The van der Waals surface area contributed by atoms with Crippen molar-refractivity contribution in [3.8, 4) is 0 Å². The third kappa shape index (κ3) is 2.66. The van der Waals surface area contributed by atoms with Crippen molar-refractivity contribution in [2.45, 2.75) is 31.3 Å². The van der Waals surface area contributed by atoms with Crippen LogP contribution in [-0.2, 0) is 4.79 Å². The average Bonchev–Trinajstić information content (AvgIpc) is 2.63. The van der Waals surface area contributed by atoms with Crippen LogP contribution in [-0.4, -0.2) is 60.8 Å². The van der Waals surface area contributed by atoms with Crippen molar-refractivity contribution in [1.29, 1.82) is 0 Å². The van der Waals surface area contributed by atoms with Crippen molar-refractivity contribution >= 4 is 11.7 Å². The van der Waals surface area contributed by atoms with E-state index >= 15 is 0 Å². The molecule has 1 N–H and O–H groups in total. The summed E-state index contributed by atoms with van der Waals surface area (Å²) < 4.78 is 0. The van der Waals surface area contributed by atoms with Gasteiger partial charge in [0.05, 0.1) is 0 Å². The molecule has 3 aliphatic heterocycles. The van der Waals surface area contributed by atoms with Crippen molar-refractivity contribution in [2.24, 2.45) is 5.92 Å². The van der Waals surface area contributed by atoms with Crippen molar-refractivity contribution < 1.29 is 9.59 Å². The maximum atomic E-state index is 12.6. The Morgan fingerprint density at radius 2 is 1.83 bits per heavy atom. The van der Waals surface area contributed by atoms with Gasteiger partial charge in [-0.15, -0.1) is 0 Å². The molecule has 1 aromatic carbocycles. The van der Waals surface area contributed by atoms with Gasteiger partial charge in [-0.2, -0.15) is 0 Å². The molecule has 128 valence electrons. The molecule has 5 heteroatoms. The maximum absolute atomic E-state index is 12.6. The molecule has 3 atom stereocenters. The molecule has 1 amide bonds. The summed E-state index contributed by atoms with van der Waals surface area (Å²) in [5.41, 5.74) is 1.91. The molecule has 1 aromatic rings. The van der Waals surface area contributed by atoms with Crippen molar-refractivity contribution in [3.05, 3.63) is 35.4 Å². The number of nitrogens with one attached hydrogen (secondary N) is 1. The number of piperazine rings is 1. The highest BCUT2D eigenvalue weighted by molar-refractivity contribution is 5.94. The Hall–Kier alpha value is -1.72. The molecule has 3 unspecified atom stereocenters. The monoisotopic (exact) mass is 327 g/mol. The van der Waals surface area contributed by atoms with Crippen LogP contribution in [0.5, 0.6) is 0 Å². The Bertz CT molecular complexity index is 637. The number of carbonyl (C=O) groups is 2. The van der Waals surface area contributed by atoms with Crippen LogP contribution >= 0.6 is 0 Å². The van der Waals surface area contributed by atoms with Gasteiger partial charge in [0.1, 0.15) is 5.78 Å².